The van der Waals surface area contributed by atoms with Crippen molar-refractivity contribution in [1.82, 2.24) is 0 Å². The van der Waals surface area contributed by atoms with Crippen LogP contribution in [0.2, 0.25) is 39.3 Å². The van der Waals surface area contributed by atoms with Gasteiger partial charge in [0, 0.05) is 0 Å². The first-order valence-electron chi connectivity index (χ1n) is 9.47. The fourth-order valence-electron chi connectivity index (χ4n) is 4.37. The predicted molar refractivity (Wildman–Crippen MR) is 115 cm³/mol. The smallest absolute Gasteiger partial charge is 0.185 e. The molecule has 1 aliphatic rings. The van der Waals surface area contributed by atoms with Gasteiger partial charge in [-0.3, -0.25) is 0 Å². The standard InChI is InChI=1S/C22H32O2Si2/c1-21(23-25(3,4)5)17-13-9-11-15-19(17)22(2,24-26(6,7)8)20-16-12-10-14-18(20)21/h9-16H,1-8H3. The zero-order chi connectivity index (χ0) is 19.4. The molecule has 1 aliphatic carbocycles. The molecular formula is C22H32O2Si2. The van der Waals surface area contributed by atoms with Crippen molar-refractivity contribution in [3.63, 3.8) is 0 Å². The number of rotatable bonds is 4. The lowest BCUT2D eigenvalue weighted by Gasteiger charge is -2.50. The van der Waals surface area contributed by atoms with Crippen molar-refractivity contribution in [3.8, 4) is 0 Å². The third-order valence-electron chi connectivity index (χ3n) is 4.93. The summed E-state index contributed by atoms with van der Waals surface area (Å²) in [6, 6.07) is 17.4. The highest BCUT2D eigenvalue weighted by atomic mass is 28.4. The van der Waals surface area contributed by atoms with E-state index in [2.05, 4.69) is 102 Å². The van der Waals surface area contributed by atoms with Crippen LogP contribution >= 0.6 is 0 Å². The minimum Gasteiger partial charge on any atom is -0.404 e. The minimum atomic E-state index is -1.78. The van der Waals surface area contributed by atoms with E-state index in [1.165, 1.54) is 22.3 Å². The fourth-order valence-corrected chi connectivity index (χ4v) is 7.25. The van der Waals surface area contributed by atoms with Gasteiger partial charge in [-0.25, -0.2) is 0 Å². The van der Waals surface area contributed by atoms with Gasteiger partial charge in [0.15, 0.2) is 16.6 Å². The molecule has 0 saturated heterocycles. The van der Waals surface area contributed by atoms with Crippen molar-refractivity contribution < 1.29 is 8.85 Å². The van der Waals surface area contributed by atoms with Gasteiger partial charge in [0.1, 0.15) is 11.2 Å². The summed E-state index contributed by atoms with van der Waals surface area (Å²) in [5.41, 5.74) is 4.06. The highest BCUT2D eigenvalue weighted by Gasteiger charge is 2.49. The maximum absolute atomic E-state index is 6.84. The lowest BCUT2D eigenvalue weighted by molar-refractivity contribution is 0.0721. The van der Waals surface area contributed by atoms with E-state index < -0.39 is 27.8 Å². The Morgan fingerprint density at radius 2 is 0.769 bits per heavy atom. The summed E-state index contributed by atoms with van der Waals surface area (Å²) in [5, 5.41) is 0. The topological polar surface area (TPSA) is 18.5 Å². The molecule has 0 amide bonds. The molecule has 0 unspecified atom stereocenters. The highest BCUT2D eigenvalue weighted by molar-refractivity contribution is 6.70. The van der Waals surface area contributed by atoms with Crippen LogP contribution in [-0.2, 0) is 20.1 Å². The van der Waals surface area contributed by atoms with E-state index >= 15 is 0 Å². The Balaban J connectivity index is 2.33. The van der Waals surface area contributed by atoms with E-state index in [0.717, 1.165) is 0 Å². The average molecular weight is 385 g/mol. The molecule has 2 aromatic carbocycles. The first-order valence-corrected chi connectivity index (χ1v) is 16.3. The van der Waals surface area contributed by atoms with Crippen molar-refractivity contribution in [2.45, 2.75) is 64.3 Å². The van der Waals surface area contributed by atoms with E-state index in [1.54, 1.807) is 0 Å². The molecule has 0 aromatic heterocycles. The van der Waals surface area contributed by atoms with Gasteiger partial charge in [0.25, 0.3) is 0 Å². The molecule has 0 fully saturated rings. The Kier molecular flexibility index (Phi) is 4.63. The van der Waals surface area contributed by atoms with Crippen LogP contribution in [0.3, 0.4) is 0 Å². The molecule has 2 aromatic rings. The summed E-state index contributed by atoms with van der Waals surface area (Å²) in [4.78, 5) is 0. The van der Waals surface area contributed by atoms with Crippen LogP contribution in [0.25, 0.3) is 0 Å². The highest BCUT2D eigenvalue weighted by Crippen LogP contribution is 2.52. The molecule has 0 spiro atoms. The third-order valence-corrected chi connectivity index (χ3v) is 6.97. The molecule has 26 heavy (non-hydrogen) atoms. The van der Waals surface area contributed by atoms with E-state index in [-0.39, 0.29) is 0 Å². The first-order chi connectivity index (χ1) is 11.9. The third kappa shape index (κ3) is 3.36. The van der Waals surface area contributed by atoms with Crippen LogP contribution in [0.4, 0.5) is 0 Å². The van der Waals surface area contributed by atoms with E-state index in [4.69, 9.17) is 8.85 Å². The second kappa shape index (κ2) is 6.16. The number of benzene rings is 2. The SMILES string of the molecule is CC1(O[Si](C)(C)C)c2ccccc2C(C)(O[Si](C)(C)C)c2ccccc21. The summed E-state index contributed by atoms with van der Waals surface area (Å²) in [6.07, 6.45) is 0. The van der Waals surface area contributed by atoms with Gasteiger partial charge in [0.05, 0.1) is 0 Å². The maximum atomic E-state index is 6.84. The van der Waals surface area contributed by atoms with Gasteiger partial charge in [-0.05, 0) is 75.4 Å². The minimum absolute atomic E-state index is 0.444. The van der Waals surface area contributed by atoms with E-state index in [9.17, 15) is 0 Å². The molecule has 0 saturated carbocycles. The molecule has 140 valence electrons. The van der Waals surface area contributed by atoms with Gasteiger partial charge in [-0.15, -0.1) is 0 Å². The van der Waals surface area contributed by atoms with E-state index in [1.807, 2.05) is 0 Å². The van der Waals surface area contributed by atoms with Crippen molar-refractivity contribution in [3.05, 3.63) is 70.8 Å². The fraction of sp³-hybridized carbons (Fsp3) is 0.455. The molecular weight excluding hydrogens is 352 g/mol. The zero-order valence-electron chi connectivity index (χ0n) is 17.4. The monoisotopic (exact) mass is 384 g/mol. The number of hydrogen-bond acceptors (Lipinski definition) is 2. The largest absolute Gasteiger partial charge is 0.404 e. The Bertz CT molecular complexity index is 700. The molecule has 0 bridgehead atoms. The number of hydrogen-bond donors (Lipinski definition) is 0. The van der Waals surface area contributed by atoms with Crippen LogP contribution in [0, 0.1) is 0 Å². The predicted octanol–water partition coefficient (Wildman–Crippen LogP) is 6.23. The van der Waals surface area contributed by atoms with Gasteiger partial charge in [-0.1, -0.05) is 48.5 Å². The molecule has 4 heteroatoms. The lowest BCUT2D eigenvalue weighted by Crippen LogP contribution is -2.49. The maximum Gasteiger partial charge on any atom is 0.185 e. The van der Waals surface area contributed by atoms with Gasteiger partial charge < -0.3 is 8.85 Å². The van der Waals surface area contributed by atoms with Crippen molar-refractivity contribution in [1.29, 1.82) is 0 Å². The lowest BCUT2D eigenvalue weighted by atomic mass is 9.69. The van der Waals surface area contributed by atoms with Crippen LogP contribution in [0.1, 0.15) is 36.1 Å². The Morgan fingerprint density at radius 3 is 0.962 bits per heavy atom. The van der Waals surface area contributed by atoms with Crippen LogP contribution < -0.4 is 0 Å². The summed E-state index contributed by atoms with van der Waals surface area (Å²) in [6.45, 7) is 18.0. The van der Waals surface area contributed by atoms with Crippen LogP contribution in [0.5, 0.6) is 0 Å². The van der Waals surface area contributed by atoms with Crippen LogP contribution in [-0.4, -0.2) is 16.6 Å². The van der Waals surface area contributed by atoms with E-state index in [0.29, 0.717) is 0 Å². The molecule has 0 N–H and O–H groups in total. The van der Waals surface area contributed by atoms with Crippen LogP contribution in [0.15, 0.2) is 48.5 Å². The Hall–Kier alpha value is -1.21. The Labute approximate surface area is 160 Å². The van der Waals surface area contributed by atoms with Crippen molar-refractivity contribution >= 4 is 16.6 Å². The molecule has 0 atom stereocenters. The quantitative estimate of drug-likeness (QED) is 0.582. The molecule has 0 radical (unpaired) electrons. The molecule has 2 nitrogen and oxygen atoms in total. The van der Waals surface area contributed by atoms with Crippen molar-refractivity contribution in [2.75, 3.05) is 0 Å². The average Bonchev–Trinajstić information content (AvgIpc) is 2.50. The second-order valence-electron chi connectivity index (χ2n) is 9.59. The summed E-state index contributed by atoms with van der Waals surface area (Å²) >= 11 is 0. The molecule has 0 aliphatic heterocycles. The molecule has 0 heterocycles. The zero-order valence-corrected chi connectivity index (χ0v) is 19.4. The van der Waals surface area contributed by atoms with Gasteiger partial charge in [-0.2, -0.15) is 0 Å². The van der Waals surface area contributed by atoms with Gasteiger partial charge >= 0.3 is 0 Å². The summed E-state index contributed by atoms with van der Waals surface area (Å²) in [5.74, 6) is 0. The van der Waals surface area contributed by atoms with Gasteiger partial charge in [0.2, 0.25) is 0 Å². The first kappa shape index (κ1) is 19.6. The summed E-state index contributed by atoms with van der Waals surface area (Å²) < 4.78 is 13.7. The Morgan fingerprint density at radius 1 is 0.538 bits per heavy atom. The second-order valence-corrected chi connectivity index (χ2v) is 18.4. The normalized spacial score (nSPS) is 25.5. The molecule has 3 rings (SSSR count). The number of fused-ring (bicyclic) bond motifs is 2. The van der Waals surface area contributed by atoms with Crippen molar-refractivity contribution in [2.24, 2.45) is 0 Å². The summed E-state index contributed by atoms with van der Waals surface area (Å²) in [7, 11) is -3.56.